The first-order chi connectivity index (χ1) is 7.82. The van der Waals surface area contributed by atoms with Gasteiger partial charge in [0.15, 0.2) is 0 Å². The molecule has 0 aromatic carbocycles. The van der Waals surface area contributed by atoms with Crippen molar-refractivity contribution in [1.29, 1.82) is 0 Å². The van der Waals surface area contributed by atoms with Crippen LogP contribution in [0.3, 0.4) is 0 Å². The quantitative estimate of drug-likeness (QED) is 0.591. The summed E-state index contributed by atoms with van der Waals surface area (Å²) in [6.07, 6.45) is 5.82. The molecule has 0 spiro atoms. The zero-order valence-electron chi connectivity index (χ0n) is 9.71. The average Bonchev–Trinajstić information content (AvgIpc) is 2.79. The van der Waals surface area contributed by atoms with E-state index in [0.717, 1.165) is 30.1 Å². The third-order valence-corrected chi connectivity index (χ3v) is 6.80. The molecule has 7 bridgehead atoms. The summed E-state index contributed by atoms with van der Waals surface area (Å²) in [5, 5.41) is 10.7. The standard InChI is InChI=1S/C12H18N4/c1-12-9-4-2-7-11(12)8-3-5-10(12)16-14(8)6-13(7)15(9)16/h7-11H,2-6H2,1H3/t7-,8+,9+,10?,11?,12?/m1/s1. The molecule has 2 saturated carbocycles. The van der Waals surface area contributed by atoms with E-state index in [1.54, 1.807) is 0 Å². The summed E-state index contributed by atoms with van der Waals surface area (Å²) in [6, 6.07) is 3.43. The molecule has 3 unspecified atom stereocenters. The Hall–Kier alpha value is -0.160. The summed E-state index contributed by atoms with van der Waals surface area (Å²) in [4.78, 5) is 0. The predicted molar refractivity (Wildman–Crippen MR) is 57.4 cm³/mol. The van der Waals surface area contributed by atoms with Gasteiger partial charge in [0.1, 0.15) is 0 Å². The second-order valence-corrected chi connectivity index (χ2v) is 6.87. The third kappa shape index (κ3) is 0.496. The van der Waals surface area contributed by atoms with Crippen molar-refractivity contribution in [2.75, 3.05) is 6.67 Å². The number of hydrogen-bond donors (Lipinski definition) is 0. The lowest BCUT2D eigenvalue weighted by Crippen LogP contribution is -2.76. The van der Waals surface area contributed by atoms with Crippen molar-refractivity contribution in [2.45, 2.75) is 56.8 Å². The van der Waals surface area contributed by atoms with Crippen molar-refractivity contribution in [3.63, 3.8) is 0 Å². The van der Waals surface area contributed by atoms with Crippen molar-refractivity contribution in [3.8, 4) is 0 Å². The topological polar surface area (TPSA) is 13.0 Å². The SMILES string of the molecule is CC12C3[C@H]4CC[C@@H]1N1N4CN4[C@H]3CCC2N41. The first kappa shape index (κ1) is 8.03. The molecule has 86 valence electrons. The summed E-state index contributed by atoms with van der Waals surface area (Å²) in [6.45, 7) is 3.81. The van der Waals surface area contributed by atoms with E-state index in [9.17, 15) is 0 Å². The summed E-state index contributed by atoms with van der Waals surface area (Å²) >= 11 is 0. The largest absolute Gasteiger partial charge is 0.207 e. The maximum atomic E-state index is 2.70. The Bertz CT molecular complexity index is 374. The summed E-state index contributed by atoms with van der Waals surface area (Å²) in [5.41, 5.74) is 0.624. The Morgan fingerprint density at radius 1 is 0.875 bits per heavy atom. The van der Waals surface area contributed by atoms with Crippen LogP contribution in [0.2, 0.25) is 0 Å². The van der Waals surface area contributed by atoms with Gasteiger partial charge in [0, 0.05) is 35.5 Å². The van der Waals surface area contributed by atoms with Crippen LogP contribution in [0.15, 0.2) is 0 Å². The Morgan fingerprint density at radius 3 is 2.00 bits per heavy atom. The molecule has 6 heterocycles. The van der Waals surface area contributed by atoms with E-state index in [0.29, 0.717) is 5.41 Å². The number of hydrazine groups is 3. The van der Waals surface area contributed by atoms with Gasteiger partial charge in [-0.2, -0.15) is 10.2 Å². The molecule has 6 saturated heterocycles. The fraction of sp³-hybridized carbons (Fsp3) is 1.00. The number of nitrogens with zero attached hydrogens (tertiary/aromatic N) is 4. The van der Waals surface area contributed by atoms with Crippen molar-refractivity contribution in [1.82, 2.24) is 20.3 Å². The molecular formula is C12H18N4. The van der Waals surface area contributed by atoms with Crippen molar-refractivity contribution in [2.24, 2.45) is 11.3 Å². The van der Waals surface area contributed by atoms with Gasteiger partial charge in [-0.05, 0) is 25.7 Å². The van der Waals surface area contributed by atoms with Crippen LogP contribution < -0.4 is 0 Å². The van der Waals surface area contributed by atoms with Gasteiger partial charge in [0.25, 0.3) is 0 Å². The van der Waals surface area contributed by atoms with Gasteiger partial charge in [-0.3, -0.25) is 0 Å². The molecule has 4 heteroatoms. The van der Waals surface area contributed by atoms with Gasteiger partial charge in [-0.15, -0.1) is 0 Å². The maximum Gasteiger partial charge on any atom is 0.0821 e. The van der Waals surface area contributed by atoms with Crippen LogP contribution in [0.1, 0.15) is 32.6 Å². The maximum absolute atomic E-state index is 2.70. The summed E-state index contributed by atoms with van der Waals surface area (Å²) in [5.74, 6) is 0.980. The fourth-order valence-corrected chi connectivity index (χ4v) is 6.46. The Labute approximate surface area is 95.7 Å². The molecule has 2 aliphatic carbocycles. The van der Waals surface area contributed by atoms with Gasteiger partial charge in [-0.25, -0.2) is 10.0 Å². The van der Waals surface area contributed by atoms with Crippen molar-refractivity contribution in [3.05, 3.63) is 0 Å². The molecule has 0 aromatic heterocycles. The van der Waals surface area contributed by atoms with E-state index in [1.807, 2.05) is 0 Å². The Balaban J connectivity index is 1.73. The lowest BCUT2D eigenvalue weighted by molar-refractivity contribution is -0.222. The molecule has 4 nitrogen and oxygen atoms in total. The van der Waals surface area contributed by atoms with Crippen molar-refractivity contribution < 1.29 is 0 Å². The normalized spacial score (nSPS) is 66.9. The number of fused-ring (bicyclic) bond motifs is 2. The minimum absolute atomic E-state index is 0.624. The van der Waals surface area contributed by atoms with Crippen LogP contribution in [0, 0.1) is 11.3 Å². The summed E-state index contributed by atoms with van der Waals surface area (Å²) < 4.78 is 0. The fourth-order valence-electron chi connectivity index (χ4n) is 6.46. The highest BCUT2D eigenvalue weighted by Crippen LogP contribution is 2.69. The first-order valence-electron chi connectivity index (χ1n) is 6.93. The second kappa shape index (κ2) is 1.99. The van der Waals surface area contributed by atoms with Crippen molar-refractivity contribution >= 4 is 0 Å². The molecule has 8 rings (SSSR count). The predicted octanol–water partition coefficient (Wildman–Crippen LogP) is 0.636. The molecule has 0 aromatic rings. The minimum atomic E-state index is 0.624. The molecule has 8 fully saturated rings. The number of hydrogen-bond acceptors (Lipinski definition) is 4. The first-order valence-corrected chi connectivity index (χ1v) is 6.93. The highest BCUT2D eigenvalue weighted by molar-refractivity contribution is 5.24. The van der Waals surface area contributed by atoms with E-state index >= 15 is 0 Å². The zero-order chi connectivity index (χ0) is 10.2. The van der Waals surface area contributed by atoms with Gasteiger partial charge in [0.05, 0.1) is 6.67 Å². The van der Waals surface area contributed by atoms with Crippen LogP contribution >= 0.6 is 0 Å². The molecule has 8 aliphatic rings. The van der Waals surface area contributed by atoms with E-state index in [2.05, 4.69) is 27.2 Å². The van der Waals surface area contributed by atoms with E-state index in [1.165, 1.54) is 32.4 Å². The van der Waals surface area contributed by atoms with E-state index in [4.69, 9.17) is 0 Å². The smallest absolute Gasteiger partial charge is 0.0821 e. The monoisotopic (exact) mass is 218 g/mol. The molecular weight excluding hydrogens is 200 g/mol. The molecule has 6 atom stereocenters. The molecule has 0 N–H and O–H groups in total. The highest BCUT2D eigenvalue weighted by atomic mass is 16.1. The van der Waals surface area contributed by atoms with Crippen LogP contribution in [0.25, 0.3) is 0 Å². The van der Waals surface area contributed by atoms with Gasteiger partial charge in [0.2, 0.25) is 0 Å². The van der Waals surface area contributed by atoms with E-state index < -0.39 is 0 Å². The van der Waals surface area contributed by atoms with E-state index in [-0.39, 0.29) is 0 Å². The van der Waals surface area contributed by atoms with Crippen LogP contribution in [0.5, 0.6) is 0 Å². The molecule has 6 aliphatic heterocycles. The zero-order valence-corrected chi connectivity index (χ0v) is 9.71. The second-order valence-electron chi connectivity index (χ2n) is 6.87. The number of rotatable bonds is 0. The Kier molecular flexibility index (Phi) is 0.997. The van der Waals surface area contributed by atoms with Gasteiger partial charge in [-0.1, -0.05) is 6.92 Å². The minimum Gasteiger partial charge on any atom is -0.207 e. The molecule has 0 radical (unpaired) electrons. The summed E-state index contributed by atoms with van der Waals surface area (Å²) in [7, 11) is 0. The van der Waals surface area contributed by atoms with Crippen LogP contribution in [0.4, 0.5) is 0 Å². The lowest BCUT2D eigenvalue weighted by Gasteiger charge is -2.66. The molecule has 0 amide bonds. The lowest BCUT2D eigenvalue weighted by atomic mass is 9.51. The van der Waals surface area contributed by atoms with Crippen LogP contribution in [-0.4, -0.2) is 51.1 Å². The van der Waals surface area contributed by atoms with Gasteiger partial charge >= 0.3 is 0 Å². The van der Waals surface area contributed by atoms with Crippen LogP contribution in [-0.2, 0) is 0 Å². The van der Waals surface area contributed by atoms with Gasteiger partial charge < -0.3 is 0 Å². The average molecular weight is 218 g/mol. The molecule has 16 heavy (non-hydrogen) atoms. The third-order valence-electron chi connectivity index (χ3n) is 6.80. The highest BCUT2D eigenvalue weighted by Gasteiger charge is 2.79. The Morgan fingerprint density at radius 2 is 1.44 bits per heavy atom.